The third-order valence-corrected chi connectivity index (χ3v) is 4.45. The minimum Gasteiger partial charge on any atom is -0.483 e. The molecule has 0 amide bonds. The number of rotatable bonds is 7. The lowest BCUT2D eigenvalue weighted by atomic mass is 10.2. The Balaban J connectivity index is 1.61. The molecule has 0 bridgehead atoms. The van der Waals surface area contributed by atoms with Crippen molar-refractivity contribution in [3.63, 3.8) is 0 Å². The van der Waals surface area contributed by atoms with Gasteiger partial charge in [0.1, 0.15) is 6.61 Å². The summed E-state index contributed by atoms with van der Waals surface area (Å²) < 4.78 is 5.98. The van der Waals surface area contributed by atoms with Gasteiger partial charge in [-0.15, -0.1) is 0 Å². The van der Waals surface area contributed by atoms with Crippen LogP contribution in [0, 0.1) is 13.8 Å². The SMILES string of the molecule is Cc1cc(Nc2nc(Nc3cc(N)ccc3C)ncc2OCc2ccccc2)n[nH]1. The van der Waals surface area contributed by atoms with Crippen molar-refractivity contribution in [2.75, 3.05) is 16.4 Å². The lowest BCUT2D eigenvalue weighted by Gasteiger charge is -2.14. The normalized spacial score (nSPS) is 10.6. The summed E-state index contributed by atoms with van der Waals surface area (Å²) in [5.41, 5.74) is 10.4. The molecule has 8 nitrogen and oxygen atoms in total. The first-order valence-corrected chi connectivity index (χ1v) is 9.53. The fourth-order valence-corrected chi connectivity index (χ4v) is 2.86. The smallest absolute Gasteiger partial charge is 0.229 e. The molecule has 0 spiro atoms. The van der Waals surface area contributed by atoms with Crippen molar-refractivity contribution in [3.8, 4) is 5.75 Å². The van der Waals surface area contributed by atoms with Gasteiger partial charge in [-0.05, 0) is 37.1 Å². The molecule has 0 radical (unpaired) electrons. The number of nitrogens with one attached hydrogen (secondary N) is 3. The van der Waals surface area contributed by atoms with E-state index in [-0.39, 0.29) is 0 Å². The number of nitrogen functional groups attached to an aromatic ring is 1. The lowest BCUT2D eigenvalue weighted by Crippen LogP contribution is -2.06. The van der Waals surface area contributed by atoms with E-state index in [0.29, 0.717) is 35.6 Å². The summed E-state index contributed by atoms with van der Waals surface area (Å²) in [6.45, 7) is 4.32. The summed E-state index contributed by atoms with van der Waals surface area (Å²) in [4.78, 5) is 9.01. The van der Waals surface area contributed by atoms with E-state index in [2.05, 4.69) is 30.8 Å². The van der Waals surface area contributed by atoms with Gasteiger partial charge in [0.15, 0.2) is 17.4 Å². The summed E-state index contributed by atoms with van der Waals surface area (Å²) in [6.07, 6.45) is 1.64. The molecule has 0 aliphatic carbocycles. The largest absolute Gasteiger partial charge is 0.483 e. The van der Waals surface area contributed by atoms with Crippen molar-refractivity contribution >= 4 is 29.0 Å². The number of nitrogens with two attached hydrogens (primary N) is 1. The van der Waals surface area contributed by atoms with Crippen LogP contribution in [0.15, 0.2) is 60.8 Å². The number of hydrogen-bond acceptors (Lipinski definition) is 7. The zero-order valence-electron chi connectivity index (χ0n) is 16.8. The Morgan fingerprint density at radius 1 is 1.03 bits per heavy atom. The average Bonchev–Trinajstić information content (AvgIpc) is 3.15. The molecule has 0 unspecified atom stereocenters. The highest BCUT2D eigenvalue weighted by Gasteiger charge is 2.12. The van der Waals surface area contributed by atoms with E-state index < -0.39 is 0 Å². The number of aromatic amines is 1. The van der Waals surface area contributed by atoms with Crippen molar-refractivity contribution in [1.29, 1.82) is 0 Å². The molecule has 4 rings (SSSR count). The number of nitrogens with zero attached hydrogens (tertiary/aromatic N) is 3. The number of aromatic nitrogens is 4. The van der Waals surface area contributed by atoms with Gasteiger partial charge < -0.3 is 21.1 Å². The van der Waals surface area contributed by atoms with Crippen LogP contribution in [0.25, 0.3) is 0 Å². The van der Waals surface area contributed by atoms with E-state index in [0.717, 1.165) is 22.5 Å². The van der Waals surface area contributed by atoms with Crippen molar-refractivity contribution in [2.24, 2.45) is 0 Å². The predicted octanol–water partition coefficient (Wildman–Crippen LogP) is 4.46. The second kappa shape index (κ2) is 8.52. The Morgan fingerprint density at radius 3 is 2.63 bits per heavy atom. The number of H-pyrrole nitrogens is 1. The summed E-state index contributed by atoms with van der Waals surface area (Å²) >= 11 is 0. The molecule has 0 atom stereocenters. The Kier molecular flexibility index (Phi) is 5.47. The molecule has 4 aromatic rings. The van der Waals surface area contributed by atoms with Crippen molar-refractivity contribution in [2.45, 2.75) is 20.5 Å². The Labute approximate surface area is 174 Å². The molecule has 30 heavy (non-hydrogen) atoms. The molecule has 8 heteroatoms. The van der Waals surface area contributed by atoms with E-state index in [4.69, 9.17) is 10.5 Å². The van der Waals surface area contributed by atoms with E-state index in [1.165, 1.54) is 0 Å². The van der Waals surface area contributed by atoms with Gasteiger partial charge >= 0.3 is 0 Å². The summed E-state index contributed by atoms with van der Waals surface area (Å²) in [5, 5.41) is 13.5. The van der Waals surface area contributed by atoms with Crippen molar-refractivity contribution in [1.82, 2.24) is 20.2 Å². The molecule has 152 valence electrons. The first kappa shape index (κ1) is 19.3. The average molecular weight is 401 g/mol. The highest BCUT2D eigenvalue weighted by Crippen LogP contribution is 2.28. The van der Waals surface area contributed by atoms with E-state index >= 15 is 0 Å². The predicted molar refractivity (Wildman–Crippen MR) is 118 cm³/mol. The number of ether oxygens (including phenoxy) is 1. The van der Waals surface area contributed by atoms with Gasteiger partial charge in [-0.3, -0.25) is 5.10 Å². The van der Waals surface area contributed by atoms with Crippen LogP contribution in [-0.4, -0.2) is 20.2 Å². The number of hydrogen-bond donors (Lipinski definition) is 4. The highest BCUT2D eigenvalue weighted by atomic mass is 16.5. The molecule has 2 aromatic heterocycles. The first-order valence-electron chi connectivity index (χ1n) is 9.53. The second-order valence-corrected chi connectivity index (χ2v) is 6.94. The Morgan fingerprint density at radius 2 is 1.87 bits per heavy atom. The minimum atomic E-state index is 0.402. The number of benzene rings is 2. The topological polar surface area (TPSA) is 114 Å². The van der Waals surface area contributed by atoms with Gasteiger partial charge in [0.05, 0.1) is 6.20 Å². The highest BCUT2D eigenvalue weighted by molar-refractivity contribution is 5.66. The molecule has 0 aliphatic rings. The van der Waals surface area contributed by atoms with Crippen molar-refractivity contribution < 1.29 is 4.74 Å². The Hall–Kier alpha value is -4.07. The molecule has 0 saturated heterocycles. The zero-order chi connectivity index (χ0) is 20.9. The first-order chi connectivity index (χ1) is 14.6. The second-order valence-electron chi connectivity index (χ2n) is 6.94. The minimum absolute atomic E-state index is 0.402. The van der Waals surface area contributed by atoms with Crippen LogP contribution in [0.1, 0.15) is 16.8 Å². The van der Waals surface area contributed by atoms with Gasteiger partial charge in [-0.25, -0.2) is 4.98 Å². The summed E-state index contributed by atoms with van der Waals surface area (Å²) in [6, 6.07) is 17.5. The molecule has 0 fully saturated rings. The lowest BCUT2D eigenvalue weighted by molar-refractivity contribution is 0.305. The van der Waals surface area contributed by atoms with E-state index in [9.17, 15) is 0 Å². The van der Waals surface area contributed by atoms with Crippen LogP contribution < -0.4 is 21.1 Å². The number of anilines is 5. The standard InChI is InChI=1S/C22H23N7O/c1-14-8-9-17(23)11-18(14)25-22-24-12-19(30-13-16-6-4-3-5-7-16)21(27-22)26-20-10-15(2)28-29-20/h3-12H,13,23H2,1-2H3,(H3,24,25,26,27,28,29). The van der Waals surface area contributed by atoms with Crippen LogP contribution in [-0.2, 0) is 6.61 Å². The van der Waals surface area contributed by atoms with Crippen LogP contribution >= 0.6 is 0 Å². The Bertz CT molecular complexity index is 1140. The van der Waals surface area contributed by atoms with Gasteiger partial charge in [-0.1, -0.05) is 36.4 Å². The maximum atomic E-state index is 5.98. The molecule has 5 N–H and O–H groups in total. The summed E-state index contributed by atoms with van der Waals surface area (Å²) in [5.74, 6) is 2.10. The van der Waals surface area contributed by atoms with Crippen LogP contribution in [0.3, 0.4) is 0 Å². The quantitative estimate of drug-likeness (QED) is 0.338. The third kappa shape index (κ3) is 4.67. The monoisotopic (exact) mass is 401 g/mol. The van der Waals surface area contributed by atoms with Gasteiger partial charge in [0.25, 0.3) is 0 Å². The maximum absolute atomic E-state index is 5.98. The van der Waals surface area contributed by atoms with E-state index in [1.54, 1.807) is 6.20 Å². The number of aryl methyl sites for hydroxylation is 2. The molecular formula is C22H23N7O. The molecule has 0 aliphatic heterocycles. The van der Waals surface area contributed by atoms with Crippen molar-refractivity contribution in [3.05, 3.63) is 77.6 Å². The zero-order valence-corrected chi connectivity index (χ0v) is 16.8. The van der Waals surface area contributed by atoms with Crippen LogP contribution in [0.5, 0.6) is 5.75 Å². The van der Waals surface area contributed by atoms with E-state index in [1.807, 2.05) is 68.4 Å². The fraction of sp³-hybridized carbons (Fsp3) is 0.136. The molecule has 2 aromatic carbocycles. The van der Waals surface area contributed by atoms with Crippen LogP contribution in [0.2, 0.25) is 0 Å². The van der Waals surface area contributed by atoms with Gasteiger partial charge in [-0.2, -0.15) is 10.1 Å². The molecular weight excluding hydrogens is 378 g/mol. The third-order valence-electron chi connectivity index (χ3n) is 4.45. The summed E-state index contributed by atoms with van der Waals surface area (Å²) in [7, 11) is 0. The van der Waals surface area contributed by atoms with Gasteiger partial charge in [0, 0.05) is 23.1 Å². The van der Waals surface area contributed by atoms with Gasteiger partial charge in [0.2, 0.25) is 5.95 Å². The fourth-order valence-electron chi connectivity index (χ4n) is 2.86. The molecule has 2 heterocycles. The molecule has 0 saturated carbocycles. The van der Waals surface area contributed by atoms with Crippen LogP contribution in [0.4, 0.5) is 29.0 Å². The maximum Gasteiger partial charge on any atom is 0.229 e.